The van der Waals surface area contributed by atoms with Crippen LogP contribution in [0.1, 0.15) is 12.5 Å². The van der Waals surface area contributed by atoms with Crippen molar-refractivity contribution >= 4 is 46.9 Å². The second kappa shape index (κ2) is 10.0. The Labute approximate surface area is 188 Å². The number of amides is 2. The molecule has 0 atom stereocenters. The number of ether oxygens (including phenoxy) is 3. The van der Waals surface area contributed by atoms with Crippen molar-refractivity contribution in [3.63, 3.8) is 0 Å². The normalized spacial score (nSPS) is 14.9. The van der Waals surface area contributed by atoms with E-state index in [0.717, 1.165) is 4.90 Å². The molecule has 0 spiro atoms. The zero-order valence-electron chi connectivity index (χ0n) is 17.2. The van der Waals surface area contributed by atoms with Crippen LogP contribution in [-0.4, -0.2) is 43.2 Å². The van der Waals surface area contributed by atoms with Crippen LogP contribution in [0.4, 0.5) is 10.1 Å². The van der Waals surface area contributed by atoms with Crippen LogP contribution in [0.3, 0.4) is 0 Å². The molecule has 1 saturated heterocycles. The van der Waals surface area contributed by atoms with Crippen LogP contribution < -0.4 is 19.7 Å². The fourth-order valence-corrected chi connectivity index (χ4v) is 3.13. The largest absolute Gasteiger partial charge is 0.490 e. The molecule has 10 heteroatoms. The smallest absolute Gasteiger partial charge is 0.343 e. The third-order valence-corrected chi connectivity index (χ3v) is 4.62. The summed E-state index contributed by atoms with van der Waals surface area (Å²) in [6.45, 7) is 1.79. The highest BCUT2D eigenvalue weighted by atomic mass is 32.1. The van der Waals surface area contributed by atoms with Gasteiger partial charge in [0.1, 0.15) is 11.4 Å². The molecule has 1 N–H and O–H groups in total. The van der Waals surface area contributed by atoms with Crippen molar-refractivity contribution in [3.05, 3.63) is 59.4 Å². The van der Waals surface area contributed by atoms with E-state index in [0.29, 0.717) is 29.4 Å². The average Bonchev–Trinajstić information content (AvgIpc) is 2.77. The molecule has 166 valence electrons. The Morgan fingerprint density at radius 1 is 1.12 bits per heavy atom. The number of carbonyl (C=O) groups excluding carboxylic acids is 3. The van der Waals surface area contributed by atoms with E-state index in [1.54, 1.807) is 25.1 Å². The first-order valence-electron chi connectivity index (χ1n) is 9.47. The molecule has 3 rings (SSSR count). The zero-order chi connectivity index (χ0) is 23.3. The van der Waals surface area contributed by atoms with Crippen molar-refractivity contribution < 1.29 is 33.0 Å². The average molecular weight is 458 g/mol. The van der Waals surface area contributed by atoms with Crippen LogP contribution in [0.15, 0.2) is 48.0 Å². The van der Waals surface area contributed by atoms with Gasteiger partial charge in [-0.2, -0.15) is 0 Å². The highest BCUT2D eigenvalue weighted by Crippen LogP contribution is 2.30. The molecule has 0 aliphatic carbocycles. The van der Waals surface area contributed by atoms with Crippen molar-refractivity contribution in [2.24, 2.45) is 0 Å². The SMILES string of the molecule is CCOc1cc(/C=C2/C(=O)NC(=S)N(c3ccc(F)cc3)C2=O)ccc1OCC(=O)OC. The quantitative estimate of drug-likeness (QED) is 0.295. The van der Waals surface area contributed by atoms with Gasteiger partial charge in [-0.25, -0.2) is 9.18 Å². The van der Waals surface area contributed by atoms with Gasteiger partial charge >= 0.3 is 5.97 Å². The molecule has 2 aromatic carbocycles. The molecule has 0 radical (unpaired) electrons. The minimum absolute atomic E-state index is 0.106. The van der Waals surface area contributed by atoms with Crippen molar-refractivity contribution in [3.8, 4) is 11.5 Å². The van der Waals surface area contributed by atoms with Gasteiger partial charge in [-0.3, -0.25) is 19.8 Å². The Kier molecular flexibility index (Phi) is 7.16. The van der Waals surface area contributed by atoms with Gasteiger partial charge in [-0.05, 0) is 67.2 Å². The van der Waals surface area contributed by atoms with E-state index < -0.39 is 23.6 Å². The lowest BCUT2D eigenvalue weighted by Gasteiger charge is -2.28. The van der Waals surface area contributed by atoms with Crippen LogP contribution in [0, 0.1) is 5.82 Å². The summed E-state index contributed by atoms with van der Waals surface area (Å²) in [5.41, 5.74) is 0.617. The second-order valence-electron chi connectivity index (χ2n) is 6.44. The molecular weight excluding hydrogens is 439 g/mol. The van der Waals surface area contributed by atoms with Crippen LogP contribution in [0.25, 0.3) is 6.08 Å². The molecule has 1 heterocycles. The standard InChI is InChI=1S/C22H19FN2O6S/c1-3-30-18-11-13(4-9-17(18)31-12-19(26)29-2)10-16-20(27)24-22(32)25(21(16)28)15-7-5-14(23)6-8-15/h4-11H,3,12H2,1-2H3,(H,24,27,32)/b16-10-. The van der Waals surface area contributed by atoms with Gasteiger partial charge in [0.2, 0.25) is 0 Å². The second-order valence-corrected chi connectivity index (χ2v) is 6.82. The Hall–Kier alpha value is -3.79. The van der Waals surface area contributed by atoms with Gasteiger partial charge in [0, 0.05) is 0 Å². The number of anilines is 1. The fourth-order valence-electron chi connectivity index (χ4n) is 2.85. The van der Waals surface area contributed by atoms with Crippen molar-refractivity contribution in [1.29, 1.82) is 0 Å². The molecule has 1 fully saturated rings. The fraction of sp³-hybridized carbons (Fsp3) is 0.182. The van der Waals surface area contributed by atoms with Crippen molar-refractivity contribution in [1.82, 2.24) is 5.32 Å². The molecule has 0 aromatic heterocycles. The summed E-state index contributed by atoms with van der Waals surface area (Å²) in [6, 6.07) is 9.86. The molecule has 0 saturated carbocycles. The highest BCUT2D eigenvalue weighted by molar-refractivity contribution is 7.80. The van der Waals surface area contributed by atoms with Gasteiger partial charge in [0.25, 0.3) is 11.8 Å². The topological polar surface area (TPSA) is 94.2 Å². The summed E-state index contributed by atoms with van der Waals surface area (Å²) in [5, 5.41) is 2.36. The van der Waals surface area contributed by atoms with Crippen molar-refractivity contribution in [2.75, 3.05) is 25.2 Å². The number of hydrogen-bond donors (Lipinski definition) is 1. The van der Waals surface area contributed by atoms with Crippen LogP contribution >= 0.6 is 12.2 Å². The number of thiocarbonyl (C=S) groups is 1. The van der Waals surface area contributed by atoms with Gasteiger partial charge in [0.15, 0.2) is 23.2 Å². The third-order valence-electron chi connectivity index (χ3n) is 4.34. The Balaban J connectivity index is 1.92. The zero-order valence-corrected chi connectivity index (χ0v) is 18.0. The van der Waals surface area contributed by atoms with E-state index >= 15 is 0 Å². The lowest BCUT2D eigenvalue weighted by Crippen LogP contribution is -2.54. The van der Waals surface area contributed by atoms with E-state index in [1.807, 2.05) is 0 Å². The molecule has 0 unspecified atom stereocenters. The predicted octanol–water partition coefficient (Wildman–Crippen LogP) is 2.61. The van der Waals surface area contributed by atoms with Crippen molar-refractivity contribution in [2.45, 2.75) is 6.92 Å². The summed E-state index contributed by atoms with van der Waals surface area (Å²) in [5.74, 6) is -1.73. The van der Waals surface area contributed by atoms with Crippen LogP contribution in [-0.2, 0) is 19.1 Å². The molecule has 0 bridgehead atoms. The van der Waals surface area contributed by atoms with E-state index in [1.165, 1.54) is 37.5 Å². The Morgan fingerprint density at radius 3 is 2.50 bits per heavy atom. The maximum Gasteiger partial charge on any atom is 0.343 e. The molecule has 2 amide bonds. The monoisotopic (exact) mass is 458 g/mol. The van der Waals surface area contributed by atoms with Crippen LogP contribution in [0.2, 0.25) is 0 Å². The lowest BCUT2D eigenvalue weighted by atomic mass is 10.1. The molecule has 2 aromatic rings. The first-order valence-corrected chi connectivity index (χ1v) is 9.88. The summed E-state index contributed by atoms with van der Waals surface area (Å²) in [4.78, 5) is 37.9. The highest BCUT2D eigenvalue weighted by Gasteiger charge is 2.34. The molecule has 1 aliphatic rings. The van der Waals surface area contributed by atoms with E-state index in [9.17, 15) is 18.8 Å². The number of methoxy groups -OCH3 is 1. The number of nitrogens with one attached hydrogen (secondary N) is 1. The maximum atomic E-state index is 13.3. The lowest BCUT2D eigenvalue weighted by molar-refractivity contribution is -0.143. The summed E-state index contributed by atoms with van der Waals surface area (Å²) in [6.07, 6.45) is 1.38. The number of rotatable bonds is 7. The molecule has 32 heavy (non-hydrogen) atoms. The first-order chi connectivity index (χ1) is 15.3. The summed E-state index contributed by atoms with van der Waals surface area (Å²) >= 11 is 5.12. The van der Waals surface area contributed by atoms with Crippen LogP contribution in [0.5, 0.6) is 11.5 Å². The molecule has 8 nitrogen and oxygen atoms in total. The predicted molar refractivity (Wildman–Crippen MR) is 118 cm³/mol. The molecule has 1 aliphatic heterocycles. The minimum Gasteiger partial charge on any atom is -0.490 e. The van der Waals surface area contributed by atoms with Gasteiger partial charge in [-0.1, -0.05) is 6.07 Å². The van der Waals surface area contributed by atoms with Gasteiger partial charge < -0.3 is 14.2 Å². The maximum absolute atomic E-state index is 13.3. The molecular formula is C22H19FN2O6S. The first kappa shape index (κ1) is 22.9. The van der Waals surface area contributed by atoms with Gasteiger partial charge in [0.05, 0.1) is 19.4 Å². The Bertz CT molecular complexity index is 1100. The number of carbonyl (C=O) groups is 3. The number of halogens is 1. The Morgan fingerprint density at radius 2 is 1.84 bits per heavy atom. The number of hydrogen-bond acceptors (Lipinski definition) is 7. The minimum atomic E-state index is -0.665. The number of esters is 1. The van der Waals surface area contributed by atoms with Gasteiger partial charge in [-0.15, -0.1) is 0 Å². The third kappa shape index (κ3) is 5.09. The number of nitrogens with zero attached hydrogens (tertiary/aromatic N) is 1. The summed E-state index contributed by atoms with van der Waals surface area (Å²) in [7, 11) is 1.25. The summed E-state index contributed by atoms with van der Waals surface area (Å²) < 4.78 is 28.8. The van der Waals surface area contributed by atoms with E-state index in [4.69, 9.17) is 21.7 Å². The van der Waals surface area contributed by atoms with E-state index in [-0.39, 0.29) is 17.3 Å². The van der Waals surface area contributed by atoms with E-state index in [2.05, 4.69) is 10.1 Å². The number of benzene rings is 2.